The van der Waals surface area contributed by atoms with Gasteiger partial charge in [0.05, 0.1) is 14.2 Å². The molecule has 3 aromatic rings. The second kappa shape index (κ2) is 14.8. The number of Topliss-reactive ketones (excluding diaryl/α,β-unsaturated/α-hetero) is 1. The average molecular weight is 656 g/mol. The Morgan fingerprint density at radius 2 is 1.65 bits per heavy atom. The Kier molecular flexibility index (Phi) is 10.3. The highest BCUT2D eigenvalue weighted by Gasteiger charge is 2.30. The number of likely N-dealkylation sites (tertiary alicyclic amines) is 2. The molecule has 0 radical (unpaired) electrons. The summed E-state index contributed by atoms with van der Waals surface area (Å²) in [4.78, 5) is 30.6. The predicted molar refractivity (Wildman–Crippen MR) is 186 cm³/mol. The summed E-state index contributed by atoms with van der Waals surface area (Å²) in [6.07, 6.45) is 10.5. The molecule has 0 bridgehead atoms. The number of allylic oxidation sites excluding steroid dienone is 3. The van der Waals surface area contributed by atoms with Gasteiger partial charge in [-0.15, -0.1) is 0 Å². The lowest BCUT2D eigenvalue weighted by atomic mass is 9.98. The molecule has 48 heavy (non-hydrogen) atoms. The number of carbonyl (C=O) groups excluding carboxylic acids is 2. The first kappa shape index (κ1) is 33.5. The largest absolute Gasteiger partial charge is 0.493 e. The van der Waals surface area contributed by atoms with Gasteiger partial charge in [0.2, 0.25) is 5.75 Å². The number of halogens is 1. The minimum absolute atomic E-state index is 0.137. The normalized spacial score (nSPS) is 17.9. The van der Waals surface area contributed by atoms with Crippen LogP contribution in [0.15, 0.2) is 54.2 Å². The molecule has 2 aliphatic heterocycles. The SMILES string of the molecule is COc1cc(/C=C2/C(C)=C(CCC(=O)Cc3cccn3C)c3cc(F)ccc32)cc(OC)c1OC(=O)N1CCC(N2CCCCC2)CC1. The molecule has 0 N–H and O–H groups in total. The Labute approximate surface area is 282 Å². The zero-order valence-corrected chi connectivity index (χ0v) is 28.5. The summed E-state index contributed by atoms with van der Waals surface area (Å²) < 4.78 is 33.8. The number of carbonyl (C=O) groups is 2. The van der Waals surface area contributed by atoms with Gasteiger partial charge in [-0.05, 0) is 128 Å². The number of amides is 1. The smallest absolute Gasteiger partial charge is 0.415 e. The maximum absolute atomic E-state index is 14.5. The molecule has 0 atom stereocenters. The number of aryl methyl sites for hydroxylation is 1. The third-order valence-electron chi connectivity index (χ3n) is 10.2. The Morgan fingerprint density at radius 3 is 2.29 bits per heavy atom. The molecule has 2 saturated heterocycles. The van der Waals surface area contributed by atoms with Crippen molar-refractivity contribution >= 4 is 29.1 Å². The molecule has 3 heterocycles. The molecular formula is C39H46FN3O5. The number of ether oxygens (including phenoxy) is 3. The quantitative estimate of drug-likeness (QED) is 0.225. The molecule has 1 aliphatic carbocycles. The third kappa shape index (κ3) is 7.21. The molecule has 1 amide bonds. The number of benzene rings is 2. The van der Waals surface area contributed by atoms with Crippen molar-refractivity contribution in [1.82, 2.24) is 14.4 Å². The first-order valence-electron chi connectivity index (χ1n) is 17.1. The van der Waals surface area contributed by atoms with Crippen molar-refractivity contribution < 1.29 is 28.2 Å². The van der Waals surface area contributed by atoms with Crippen LogP contribution in [0.1, 0.15) is 74.3 Å². The standard InChI is InChI=1S/C39H46FN3O5/c1-26-32(13-11-31(44)25-30-9-8-16-41(30)2)35-24-28(40)10-12-33(35)34(26)21-27-22-36(46-3)38(37(23-27)47-4)48-39(45)43-19-14-29(15-20-43)42-17-6-5-7-18-42/h8-10,12,16,21-24,29H,5-7,11,13-15,17-20,25H2,1-4H3/b34-21-. The van der Waals surface area contributed by atoms with Crippen LogP contribution in [0.4, 0.5) is 9.18 Å². The number of methoxy groups -OCH3 is 2. The van der Waals surface area contributed by atoms with Crippen LogP contribution in [0.3, 0.4) is 0 Å². The minimum atomic E-state index is -0.411. The highest BCUT2D eigenvalue weighted by Crippen LogP contribution is 2.46. The van der Waals surface area contributed by atoms with Crippen LogP contribution in [-0.4, -0.2) is 72.7 Å². The van der Waals surface area contributed by atoms with E-state index in [1.807, 2.05) is 55.1 Å². The van der Waals surface area contributed by atoms with Gasteiger partial charge < -0.3 is 28.6 Å². The van der Waals surface area contributed by atoms with Crippen molar-refractivity contribution in [2.24, 2.45) is 7.05 Å². The lowest BCUT2D eigenvalue weighted by Crippen LogP contribution is -2.48. The number of ketones is 1. The fourth-order valence-corrected chi connectivity index (χ4v) is 7.41. The van der Waals surface area contributed by atoms with E-state index >= 15 is 0 Å². The maximum atomic E-state index is 14.5. The van der Waals surface area contributed by atoms with Crippen LogP contribution in [0.25, 0.3) is 17.2 Å². The van der Waals surface area contributed by atoms with Crippen molar-refractivity contribution in [3.8, 4) is 17.2 Å². The summed E-state index contributed by atoms with van der Waals surface area (Å²) in [6, 6.07) is 12.8. The Bertz CT molecular complexity index is 1700. The summed E-state index contributed by atoms with van der Waals surface area (Å²) in [7, 11) is 5.01. The topological polar surface area (TPSA) is 73.2 Å². The number of rotatable bonds is 10. The fraction of sp³-hybridized carbons (Fsp3) is 0.436. The van der Waals surface area contributed by atoms with Crippen molar-refractivity contribution in [2.45, 2.75) is 64.3 Å². The first-order chi connectivity index (χ1) is 23.2. The van der Waals surface area contributed by atoms with Gasteiger partial charge in [-0.3, -0.25) is 4.79 Å². The van der Waals surface area contributed by atoms with E-state index in [-0.39, 0.29) is 17.3 Å². The van der Waals surface area contributed by atoms with E-state index < -0.39 is 6.09 Å². The lowest BCUT2D eigenvalue weighted by molar-refractivity contribution is -0.118. The molecule has 1 aromatic heterocycles. The van der Waals surface area contributed by atoms with E-state index in [4.69, 9.17) is 14.2 Å². The summed E-state index contributed by atoms with van der Waals surface area (Å²) in [5, 5.41) is 0. The molecule has 0 saturated carbocycles. The Hall–Kier alpha value is -4.37. The highest BCUT2D eigenvalue weighted by atomic mass is 19.1. The molecule has 254 valence electrons. The molecule has 9 heteroatoms. The third-order valence-corrected chi connectivity index (χ3v) is 10.2. The summed E-state index contributed by atoms with van der Waals surface area (Å²) in [6.45, 7) is 5.62. The summed E-state index contributed by atoms with van der Waals surface area (Å²) >= 11 is 0. The van der Waals surface area contributed by atoms with Crippen LogP contribution in [-0.2, 0) is 18.3 Å². The molecule has 2 aromatic carbocycles. The average Bonchev–Trinajstić information content (AvgIpc) is 3.62. The molecular weight excluding hydrogens is 609 g/mol. The number of fused-ring (bicyclic) bond motifs is 1. The first-order valence-corrected chi connectivity index (χ1v) is 17.1. The molecule has 0 unspecified atom stereocenters. The molecule has 0 spiro atoms. The maximum Gasteiger partial charge on any atom is 0.415 e. The number of piperidine rings is 2. The Morgan fingerprint density at radius 1 is 0.938 bits per heavy atom. The van der Waals surface area contributed by atoms with Crippen LogP contribution in [0, 0.1) is 5.82 Å². The van der Waals surface area contributed by atoms with E-state index in [0.717, 1.165) is 65.0 Å². The van der Waals surface area contributed by atoms with Crippen LogP contribution in [0.2, 0.25) is 0 Å². The van der Waals surface area contributed by atoms with Gasteiger partial charge in [0.1, 0.15) is 11.6 Å². The van der Waals surface area contributed by atoms with Crippen molar-refractivity contribution in [1.29, 1.82) is 0 Å². The van der Waals surface area contributed by atoms with E-state index in [2.05, 4.69) is 4.90 Å². The summed E-state index contributed by atoms with van der Waals surface area (Å²) in [5.74, 6) is 0.814. The molecule has 6 rings (SSSR count). The van der Waals surface area contributed by atoms with Crippen molar-refractivity contribution in [3.05, 3.63) is 82.4 Å². The van der Waals surface area contributed by atoms with Gasteiger partial charge in [0.15, 0.2) is 11.5 Å². The molecule has 8 nitrogen and oxygen atoms in total. The van der Waals surface area contributed by atoms with Crippen LogP contribution in [0.5, 0.6) is 17.2 Å². The highest BCUT2D eigenvalue weighted by molar-refractivity contribution is 6.05. The number of hydrogen-bond donors (Lipinski definition) is 0. The molecule has 2 fully saturated rings. The van der Waals surface area contributed by atoms with E-state index in [9.17, 15) is 14.0 Å². The van der Waals surface area contributed by atoms with Gasteiger partial charge in [-0.2, -0.15) is 0 Å². The van der Waals surface area contributed by atoms with Crippen LogP contribution < -0.4 is 14.2 Å². The zero-order chi connectivity index (χ0) is 33.8. The van der Waals surface area contributed by atoms with Crippen LogP contribution >= 0.6 is 0 Å². The van der Waals surface area contributed by atoms with Gasteiger partial charge >= 0.3 is 6.09 Å². The van der Waals surface area contributed by atoms with Gasteiger partial charge in [0, 0.05) is 50.9 Å². The second-order valence-electron chi connectivity index (χ2n) is 13.1. The fourth-order valence-electron chi connectivity index (χ4n) is 7.41. The van der Waals surface area contributed by atoms with Gasteiger partial charge in [-0.1, -0.05) is 12.5 Å². The van der Waals surface area contributed by atoms with E-state index in [1.165, 1.54) is 39.5 Å². The predicted octanol–water partition coefficient (Wildman–Crippen LogP) is 7.55. The van der Waals surface area contributed by atoms with Gasteiger partial charge in [0.25, 0.3) is 0 Å². The number of aromatic nitrogens is 1. The summed E-state index contributed by atoms with van der Waals surface area (Å²) in [5.41, 5.74) is 6.34. The number of hydrogen-bond acceptors (Lipinski definition) is 6. The zero-order valence-electron chi connectivity index (χ0n) is 28.5. The monoisotopic (exact) mass is 655 g/mol. The molecule has 3 aliphatic rings. The minimum Gasteiger partial charge on any atom is -0.493 e. The van der Waals surface area contributed by atoms with Crippen molar-refractivity contribution in [3.63, 3.8) is 0 Å². The van der Waals surface area contributed by atoms with E-state index in [0.29, 0.717) is 49.9 Å². The Balaban J connectivity index is 1.20. The second-order valence-corrected chi connectivity index (χ2v) is 13.1. The van der Waals surface area contributed by atoms with Gasteiger partial charge in [-0.25, -0.2) is 9.18 Å². The van der Waals surface area contributed by atoms with Crippen molar-refractivity contribution in [2.75, 3.05) is 40.4 Å². The number of nitrogens with zero attached hydrogens (tertiary/aromatic N) is 3. The van der Waals surface area contributed by atoms with E-state index in [1.54, 1.807) is 17.0 Å². The lowest BCUT2D eigenvalue weighted by Gasteiger charge is -2.39.